The lowest BCUT2D eigenvalue weighted by Crippen LogP contribution is -2.39. The lowest BCUT2D eigenvalue weighted by atomic mass is 9.95. The molecule has 0 atom stereocenters. The molecule has 8 nitrogen and oxygen atoms in total. The first kappa shape index (κ1) is 35.5. The number of hydrazone groups is 1. The first-order valence-electron chi connectivity index (χ1n) is 17.0. The summed E-state index contributed by atoms with van der Waals surface area (Å²) in [6.45, 7) is 19.8. The van der Waals surface area contributed by atoms with Crippen LogP contribution >= 0.6 is 11.3 Å². The summed E-state index contributed by atoms with van der Waals surface area (Å²) in [5.74, 6) is -0.487. The van der Waals surface area contributed by atoms with Gasteiger partial charge in [0.05, 0.1) is 11.8 Å². The van der Waals surface area contributed by atoms with Crippen molar-refractivity contribution in [3.63, 3.8) is 0 Å². The van der Waals surface area contributed by atoms with Gasteiger partial charge in [-0.25, -0.2) is 5.43 Å². The number of rotatable bonds is 17. The molecule has 2 N–H and O–H groups in total. The number of benzene rings is 2. The summed E-state index contributed by atoms with van der Waals surface area (Å²) in [7, 11) is 0. The highest BCUT2D eigenvalue weighted by Crippen LogP contribution is 2.38. The summed E-state index contributed by atoms with van der Waals surface area (Å²) in [4.78, 5) is 35.7. The van der Waals surface area contributed by atoms with Crippen molar-refractivity contribution >= 4 is 34.4 Å². The third-order valence-corrected chi connectivity index (χ3v) is 10.1. The lowest BCUT2D eigenvalue weighted by molar-refractivity contribution is 0.0955. The van der Waals surface area contributed by atoms with E-state index in [1.165, 1.54) is 21.8 Å². The maximum absolute atomic E-state index is 13.7. The molecular weight excluding hydrogens is 593 g/mol. The fourth-order valence-corrected chi connectivity index (χ4v) is 7.21. The van der Waals surface area contributed by atoms with Crippen LogP contribution in [0.25, 0.3) is 0 Å². The summed E-state index contributed by atoms with van der Waals surface area (Å²) >= 11 is 1.52. The highest BCUT2D eigenvalue weighted by atomic mass is 32.1. The smallest absolute Gasteiger partial charge is 0.274 e. The predicted octanol–water partition coefficient (Wildman–Crippen LogP) is 6.44. The van der Waals surface area contributed by atoms with Crippen LogP contribution in [0.2, 0.25) is 0 Å². The topological polar surface area (TPSA) is 80.3 Å². The van der Waals surface area contributed by atoms with Crippen molar-refractivity contribution in [1.29, 1.82) is 0 Å². The highest BCUT2D eigenvalue weighted by Gasteiger charge is 2.26. The maximum atomic E-state index is 13.7. The van der Waals surface area contributed by atoms with Crippen LogP contribution in [0.15, 0.2) is 53.6 Å². The number of thiophene rings is 1. The highest BCUT2D eigenvalue weighted by molar-refractivity contribution is 7.17. The van der Waals surface area contributed by atoms with Crippen LogP contribution in [0.3, 0.4) is 0 Å². The van der Waals surface area contributed by atoms with E-state index in [1.807, 2.05) is 49.4 Å². The van der Waals surface area contributed by atoms with E-state index in [2.05, 4.69) is 64.3 Å². The monoisotopic (exact) mass is 644 g/mol. The molecule has 46 heavy (non-hydrogen) atoms. The van der Waals surface area contributed by atoms with Crippen LogP contribution in [-0.4, -0.2) is 85.1 Å². The van der Waals surface area contributed by atoms with E-state index in [0.717, 1.165) is 101 Å². The molecule has 0 unspecified atom stereocenters. The summed E-state index contributed by atoms with van der Waals surface area (Å²) in [5, 5.41) is 7.94. The average molecular weight is 645 g/mol. The number of nitrogens with one attached hydrogen (secondary N) is 2. The second kappa shape index (κ2) is 18.1. The molecule has 0 aliphatic heterocycles. The third kappa shape index (κ3) is 10.1. The predicted molar refractivity (Wildman–Crippen MR) is 192 cm³/mol. The van der Waals surface area contributed by atoms with Crippen molar-refractivity contribution in [2.45, 2.75) is 66.8 Å². The summed E-state index contributed by atoms with van der Waals surface area (Å²) in [5.41, 5.74) is 8.08. The Hall–Kier alpha value is -3.37. The number of aryl methyl sites for hydroxylation is 2. The Kier molecular flexibility index (Phi) is 14.0. The van der Waals surface area contributed by atoms with Crippen LogP contribution in [-0.2, 0) is 19.4 Å². The maximum Gasteiger partial charge on any atom is 0.274 e. The van der Waals surface area contributed by atoms with Gasteiger partial charge in [-0.15, -0.1) is 11.3 Å². The van der Waals surface area contributed by atoms with E-state index in [4.69, 9.17) is 0 Å². The molecule has 1 aliphatic carbocycles. The quantitative estimate of drug-likeness (QED) is 0.131. The fraction of sp³-hybridized carbons (Fsp3) is 0.486. The zero-order valence-electron chi connectivity index (χ0n) is 28.4. The first-order chi connectivity index (χ1) is 22.3. The first-order valence-corrected chi connectivity index (χ1v) is 17.8. The molecule has 248 valence electrons. The second-order valence-corrected chi connectivity index (χ2v) is 13.1. The molecule has 9 heteroatoms. The molecule has 3 aromatic rings. The number of hydrogen-bond acceptors (Lipinski definition) is 7. The van der Waals surface area contributed by atoms with Gasteiger partial charge >= 0.3 is 0 Å². The van der Waals surface area contributed by atoms with E-state index < -0.39 is 0 Å². The van der Waals surface area contributed by atoms with Gasteiger partial charge in [0.2, 0.25) is 0 Å². The van der Waals surface area contributed by atoms with Gasteiger partial charge in [0.15, 0.2) is 0 Å². The van der Waals surface area contributed by atoms with Crippen molar-refractivity contribution < 1.29 is 9.59 Å². The number of amides is 2. The SMILES string of the molecule is CCN(CC)CCN(CCN(CC)CC)Cc1cccc(C(=O)Nc2sc3c(c2C(=O)NN=Cc2ccc(C)cc2)CCCC3)c1. The minimum atomic E-state index is -0.288. The van der Waals surface area contributed by atoms with E-state index in [9.17, 15) is 9.59 Å². The van der Waals surface area contributed by atoms with E-state index >= 15 is 0 Å². The van der Waals surface area contributed by atoms with Crippen molar-refractivity contribution in [3.05, 3.63) is 86.8 Å². The molecule has 4 rings (SSSR count). The fourth-order valence-electron chi connectivity index (χ4n) is 5.93. The van der Waals surface area contributed by atoms with E-state index in [0.29, 0.717) is 16.1 Å². The van der Waals surface area contributed by atoms with Crippen LogP contribution < -0.4 is 10.7 Å². The van der Waals surface area contributed by atoms with Gasteiger partial charge in [-0.05, 0) is 87.6 Å². The van der Waals surface area contributed by atoms with Crippen molar-refractivity contribution in [3.8, 4) is 0 Å². The van der Waals surface area contributed by atoms with Crippen LogP contribution in [0.5, 0.6) is 0 Å². The molecular formula is C37H52N6O2S. The van der Waals surface area contributed by atoms with Crippen LogP contribution in [0.4, 0.5) is 5.00 Å². The van der Waals surface area contributed by atoms with Gasteiger partial charge in [-0.1, -0.05) is 69.7 Å². The zero-order valence-corrected chi connectivity index (χ0v) is 29.2. The number of carbonyl (C=O) groups excluding carboxylic acids is 2. The molecule has 2 amide bonds. The van der Waals surface area contributed by atoms with Gasteiger partial charge in [0.25, 0.3) is 11.8 Å². The summed E-state index contributed by atoms with van der Waals surface area (Å²) in [6.07, 6.45) is 5.53. The van der Waals surface area contributed by atoms with Gasteiger partial charge in [-0.3, -0.25) is 14.5 Å². The number of fused-ring (bicyclic) bond motifs is 1. The molecule has 0 radical (unpaired) electrons. The van der Waals surface area contributed by atoms with Crippen molar-refractivity contribution in [1.82, 2.24) is 20.1 Å². The van der Waals surface area contributed by atoms with Gasteiger partial charge in [0.1, 0.15) is 5.00 Å². The Balaban J connectivity index is 1.48. The van der Waals surface area contributed by atoms with Gasteiger partial charge < -0.3 is 15.1 Å². The standard InChI is InChI=1S/C37H52N6O2S/c1-6-41(7-2)21-23-43(24-22-42(8-3)9-4)27-30-13-12-14-31(25-30)35(44)39-37-34(32-15-10-11-16-33(32)46-37)36(45)40-38-26-29-19-17-28(5)18-20-29/h12-14,17-20,25-26H,6-11,15-16,21-24,27H2,1-5H3,(H,39,44)(H,40,45). The molecule has 0 spiro atoms. The Morgan fingerprint density at radius 3 is 2.11 bits per heavy atom. The van der Waals surface area contributed by atoms with Gasteiger partial charge in [-0.2, -0.15) is 5.10 Å². The van der Waals surface area contributed by atoms with E-state index in [-0.39, 0.29) is 11.8 Å². The lowest BCUT2D eigenvalue weighted by Gasteiger charge is -2.29. The minimum Gasteiger partial charge on any atom is -0.313 e. The molecule has 0 fully saturated rings. The largest absolute Gasteiger partial charge is 0.313 e. The molecule has 0 bridgehead atoms. The zero-order chi connectivity index (χ0) is 32.9. The molecule has 1 aromatic heterocycles. The Labute approximate surface area is 279 Å². The molecule has 0 saturated heterocycles. The summed E-state index contributed by atoms with van der Waals surface area (Å²) < 4.78 is 0. The number of hydrogen-bond donors (Lipinski definition) is 2. The minimum absolute atomic E-state index is 0.199. The molecule has 1 heterocycles. The van der Waals surface area contributed by atoms with Crippen molar-refractivity contribution in [2.24, 2.45) is 5.10 Å². The Morgan fingerprint density at radius 1 is 0.826 bits per heavy atom. The Bertz CT molecular complexity index is 1430. The number of likely N-dealkylation sites (N-methyl/N-ethyl adjacent to an activating group) is 2. The molecule has 1 aliphatic rings. The average Bonchev–Trinajstić information content (AvgIpc) is 3.44. The third-order valence-electron chi connectivity index (χ3n) is 8.93. The van der Waals surface area contributed by atoms with Crippen molar-refractivity contribution in [2.75, 3.05) is 57.7 Å². The normalized spacial score (nSPS) is 13.1. The summed E-state index contributed by atoms with van der Waals surface area (Å²) in [6, 6.07) is 15.9. The number of anilines is 1. The van der Waals surface area contributed by atoms with E-state index in [1.54, 1.807) is 6.21 Å². The number of nitrogens with zero attached hydrogens (tertiary/aromatic N) is 4. The second-order valence-electron chi connectivity index (χ2n) is 12.0. The Morgan fingerprint density at radius 2 is 1.46 bits per heavy atom. The van der Waals surface area contributed by atoms with Crippen LogP contribution in [0.1, 0.15) is 88.4 Å². The van der Waals surface area contributed by atoms with Gasteiger partial charge in [0, 0.05) is 43.2 Å². The number of carbonyl (C=O) groups is 2. The van der Waals surface area contributed by atoms with Crippen LogP contribution in [0, 0.1) is 6.92 Å². The molecule has 0 saturated carbocycles. The molecule has 2 aromatic carbocycles.